The zero-order valence-corrected chi connectivity index (χ0v) is 6.28. The monoisotopic (exact) mass is 70.0 g/mol. The largest absolute Gasteiger partial charge is 1.00 e. The van der Waals surface area contributed by atoms with Gasteiger partial charge in [0.1, 0.15) is 0 Å². The standard InChI is InChI=1S/2B.K.Li.2H/q;;2*+1;2*-1. The molecule has 4 heteroatoms. The first-order chi connectivity index (χ1) is 0. The average Bonchev–Trinajstić information content (AvgIpc) is 0. The minimum atomic E-state index is 0. The van der Waals surface area contributed by atoms with Crippen LogP contribution in [0.5, 0.6) is 0 Å². The third-order valence-corrected chi connectivity index (χ3v) is 0. The van der Waals surface area contributed by atoms with Crippen LogP contribution in [0.15, 0.2) is 0 Å². The first-order valence-electron chi connectivity index (χ1n) is 0. The Morgan fingerprint density at radius 1 is 1.00 bits per heavy atom. The van der Waals surface area contributed by atoms with Crippen LogP contribution in [0.2, 0.25) is 0 Å². The van der Waals surface area contributed by atoms with Crippen LogP contribution in [0.25, 0.3) is 0 Å². The van der Waals surface area contributed by atoms with Gasteiger partial charge >= 0.3 is 70.2 Å². The first kappa shape index (κ1) is 32.8. The molecular formula is H2B2KLi. The van der Waals surface area contributed by atoms with Gasteiger partial charge in [0, 0.05) is 16.8 Å². The van der Waals surface area contributed by atoms with Crippen molar-refractivity contribution in [3.63, 3.8) is 0 Å². The molecule has 0 aliphatic heterocycles. The van der Waals surface area contributed by atoms with E-state index in [2.05, 4.69) is 0 Å². The zero-order chi connectivity index (χ0) is 0. The van der Waals surface area contributed by atoms with Crippen molar-refractivity contribution in [2.24, 2.45) is 0 Å². The Labute approximate surface area is 88.2 Å². The van der Waals surface area contributed by atoms with Crippen LogP contribution >= 0.6 is 0 Å². The van der Waals surface area contributed by atoms with Gasteiger partial charge in [-0.25, -0.2) is 0 Å². The fraction of sp³-hybridized carbons (Fsp3) is 0. The van der Waals surface area contributed by atoms with Crippen LogP contribution in [0, 0.1) is 0 Å². The molecule has 0 bridgehead atoms. The van der Waals surface area contributed by atoms with Crippen LogP contribution in [-0.4, -0.2) is 16.8 Å². The number of hydrogen-bond donors (Lipinski definition) is 0. The second-order valence-electron chi connectivity index (χ2n) is 0. The van der Waals surface area contributed by atoms with Gasteiger partial charge in [0.15, 0.2) is 0 Å². The van der Waals surface area contributed by atoms with Gasteiger partial charge in [0.05, 0.1) is 0 Å². The minimum Gasteiger partial charge on any atom is -1.00 e. The van der Waals surface area contributed by atoms with E-state index in [9.17, 15) is 0 Å². The van der Waals surface area contributed by atoms with E-state index >= 15 is 0 Å². The second-order valence-corrected chi connectivity index (χ2v) is 0. The maximum Gasteiger partial charge on any atom is 1.00 e. The summed E-state index contributed by atoms with van der Waals surface area (Å²) in [5.41, 5.74) is 0. The molecule has 0 saturated heterocycles. The van der Waals surface area contributed by atoms with Crippen LogP contribution in [0.4, 0.5) is 0 Å². The van der Waals surface area contributed by atoms with Gasteiger partial charge in [-0.05, 0) is 0 Å². The fourth-order valence-corrected chi connectivity index (χ4v) is 0. The summed E-state index contributed by atoms with van der Waals surface area (Å²) < 4.78 is 0. The Hall–Kier alpha value is 2.36. The Balaban J connectivity index is 0. The zero-order valence-electron chi connectivity index (χ0n) is 5.15. The molecule has 0 heterocycles. The summed E-state index contributed by atoms with van der Waals surface area (Å²) in [5.74, 6) is 0. The van der Waals surface area contributed by atoms with Crippen LogP contribution in [0.3, 0.4) is 0 Å². The minimum absolute atomic E-state index is 0. The molecule has 0 amide bonds. The summed E-state index contributed by atoms with van der Waals surface area (Å²) in [6.07, 6.45) is 0. The molecule has 6 radical (unpaired) electrons. The van der Waals surface area contributed by atoms with E-state index in [1.807, 2.05) is 0 Å². The molecule has 0 aromatic rings. The summed E-state index contributed by atoms with van der Waals surface area (Å²) in [7, 11) is 0. The molecule has 0 fully saturated rings. The van der Waals surface area contributed by atoms with Gasteiger partial charge in [-0.1, -0.05) is 0 Å². The van der Waals surface area contributed by atoms with Gasteiger partial charge in [0.2, 0.25) is 0 Å². The van der Waals surface area contributed by atoms with Crippen molar-refractivity contribution >= 4 is 16.8 Å². The summed E-state index contributed by atoms with van der Waals surface area (Å²) in [6, 6.07) is 0. The Morgan fingerprint density at radius 3 is 1.00 bits per heavy atom. The van der Waals surface area contributed by atoms with E-state index in [1.165, 1.54) is 0 Å². The Morgan fingerprint density at radius 2 is 1.00 bits per heavy atom. The molecule has 10 valence electrons. The van der Waals surface area contributed by atoms with E-state index in [0.717, 1.165) is 0 Å². The summed E-state index contributed by atoms with van der Waals surface area (Å²) in [4.78, 5) is 0. The quantitative estimate of drug-likeness (QED) is 0.248. The predicted octanol–water partition coefficient (Wildman–Crippen LogP) is -6.53. The summed E-state index contributed by atoms with van der Waals surface area (Å²) in [6.45, 7) is 0. The van der Waals surface area contributed by atoms with Crippen LogP contribution < -0.4 is 70.2 Å². The van der Waals surface area contributed by atoms with Gasteiger partial charge in [0.25, 0.3) is 0 Å². The van der Waals surface area contributed by atoms with Crippen molar-refractivity contribution in [3.8, 4) is 0 Å². The van der Waals surface area contributed by atoms with Gasteiger partial charge < -0.3 is 2.85 Å². The van der Waals surface area contributed by atoms with Crippen LogP contribution in [0.1, 0.15) is 2.85 Å². The molecule has 4 heavy (non-hydrogen) atoms. The molecule has 0 N–H and O–H groups in total. The summed E-state index contributed by atoms with van der Waals surface area (Å²) in [5, 5.41) is 0. The second kappa shape index (κ2) is 18.3. The summed E-state index contributed by atoms with van der Waals surface area (Å²) >= 11 is 0. The van der Waals surface area contributed by atoms with Crippen molar-refractivity contribution in [3.05, 3.63) is 0 Å². The molecule has 0 aliphatic rings. The fourth-order valence-electron chi connectivity index (χ4n) is 0. The Bertz CT molecular complexity index is 11.5. The van der Waals surface area contributed by atoms with Gasteiger partial charge in [-0.2, -0.15) is 0 Å². The molecule has 0 rings (SSSR count). The van der Waals surface area contributed by atoms with Crippen molar-refractivity contribution in [2.75, 3.05) is 0 Å². The average molecular weight is 69.7 g/mol. The third-order valence-electron chi connectivity index (χ3n) is 0. The van der Waals surface area contributed by atoms with Crippen molar-refractivity contribution in [1.29, 1.82) is 0 Å². The van der Waals surface area contributed by atoms with E-state index in [1.54, 1.807) is 0 Å². The molecule has 0 aromatic carbocycles. The van der Waals surface area contributed by atoms with E-state index in [-0.39, 0.29) is 89.9 Å². The van der Waals surface area contributed by atoms with Gasteiger partial charge in [-0.3, -0.25) is 0 Å². The normalized spacial score (nSPS) is 0. The Kier molecular flexibility index (Phi) is 150. The van der Waals surface area contributed by atoms with Gasteiger partial charge in [-0.15, -0.1) is 0 Å². The molecule has 0 aliphatic carbocycles. The molecule has 0 spiro atoms. The topological polar surface area (TPSA) is 0 Å². The van der Waals surface area contributed by atoms with Crippen molar-refractivity contribution < 1.29 is 73.1 Å². The maximum atomic E-state index is 0. The molecule has 0 saturated carbocycles. The SMILES string of the molecule is [B].[B].[H-].[H-].[K+].[Li+]. The third kappa shape index (κ3) is 8.84. The molecule has 0 aromatic heterocycles. The van der Waals surface area contributed by atoms with Crippen LogP contribution in [-0.2, 0) is 0 Å². The molecule has 0 nitrogen and oxygen atoms in total. The molecular weight excluding hydrogens is 67.7 g/mol. The molecule has 0 atom stereocenters. The number of rotatable bonds is 0. The van der Waals surface area contributed by atoms with E-state index in [4.69, 9.17) is 0 Å². The van der Waals surface area contributed by atoms with E-state index < -0.39 is 0 Å². The smallest absolute Gasteiger partial charge is 1.00 e. The first-order valence-corrected chi connectivity index (χ1v) is 0. The number of hydrogen-bond acceptors (Lipinski definition) is 0. The van der Waals surface area contributed by atoms with Crippen molar-refractivity contribution in [1.82, 2.24) is 0 Å². The van der Waals surface area contributed by atoms with Crippen molar-refractivity contribution in [2.45, 2.75) is 0 Å². The predicted molar refractivity (Wildman–Crippen MR) is 13.7 cm³/mol. The molecule has 0 unspecified atom stereocenters. The van der Waals surface area contributed by atoms with E-state index in [0.29, 0.717) is 0 Å². The maximum absolute atomic E-state index is 0.